The summed E-state index contributed by atoms with van der Waals surface area (Å²) in [6, 6.07) is 7.39. The molecule has 0 saturated carbocycles. The number of nitrogens with one attached hydrogen (secondary N) is 1. The van der Waals surface area contributed by atoms with E-state index in [9.17, 15) is 4.79 Å². The van der Waals surface area contributed by atoms with Crippen molar-refractivity contribution in [2.45, 2.75) is 25.8 Å². The van der Waals surface area contributed by atoms with Crippen molar-refractivity contribution in [3.63, 3.8) is 0 Å². The molecule has 0 heterocycles. The highest BCUT2D eigenvalue weighted by Gasteiger charge is 2.20. The number of hydrogen-bond acceptors (Lipinski definition) is 3. The summed E-state index contributed by atoms with van der Waals surface area (Å²) in [7, 11) is 4.01. The maximum atomic E-state index is 11.8. The summed E-state index contributed by atoms with van der Waals surface area (Å²) >= 11 is 0. The van der Waals surface area contributed by atoms with Crippen LogP contribution in [-0.2, 0) is 11.2 Å². The fourth-order valence-corrected chi connectivity index (χ4v) is 1.36. The predicted octanol–water partition coefficient (Wildman–Crippen LogP) is 1.27. The Morgan fingerprint density at radius 3 is 2.33 bits per heavy atom. The zero-order chi connectivity index (χ0) is 13.8. The van der Waals surface area contributed by atoms with Crippen LogP contribution in [0.25, 0.3) is 0 Å². The summed E-state index contributed by atoms with van der Waals surface area (Å²) in [5.41, 5.74) is 7.25. The molecule has 4 heteroatoms. The van der Waals surface area contributed by atoms with Gasteiger partial charge >= 0.3 is 0 Å². The SMILES string of the molecule is CN(C)C(C)(C)CNC(=O)Cc1ccc(N)cc1. The number of rotatable bonds is 5. The molecule has 0 atom stereocenters. The largest absolute Gasteiger partial charge is 0.399 e. The highest BCUT2D eigenvalue weighted by molar-refractivity contribution is 5.78. The Morgan fingerprint density at radius 2 is 1.83 bits per heavy atom. The maximum Gasteiger partial charge on any atom is 0.224 e. The lowest BCUT2D eigenvalue weighted by molar-refractivity contribution is -0.120. The normalized spacial score (nSPS) is 11.6. The van der Waals surface area contributed by atoms with Gasteiger partial charge in [0.15, 0.2) is 0 Å². The molecule has 0 unspecified atom stereocenters. The summed E-state index contributed by atoms with van der Waals surface area (Å²) in [5, 5.41) is 2.96. The van der Waals surface area contributed by atoms with E-state index >= 15 is 0 Å². The molecule has 0 bridgehead atoms. The van der Waals surface area contributed by atoms with Gasteiger partial charge in [-0.15, -0.1) is 0 Å². The van der Waals surface area contributed by atoms with Crippen molar-refractivity contribution < 1.29 is 4.79 Å². The van der Waals surface area contributed by atoms with Crippen molar-refractivity contribution in [1.29, 1.82) is 0 Å². The van der Waals surface area contributed by atoms with Gasteiger partial charge in [-0.1, -0.05) is 12.1 Å². The van der Waals surface area contributed by atoms with Gasteiger partial charge in [-0.05, 0) is 45.6 Å². The molecule has 0 radical (unpaired) electrons. The van der Waals surface area contributed by atoms with Crippen LogP contribution in [0.4, 0.5) is 5.69 Å². The fraction of sp³-hybridized carbons (Fsp3) is 0.500. The number of carbonyl (C=O) groups excluding carboxylic acids is 1. The second kappa shape index (κ2) is 5.87. The molecule has 0 aliphatic heterocycles. The lowest BCUT2D eigenvalue weighted by Gasteiger charge is -2.32. The molecule has 0 aromatic heterocycles. The van der Waals surface area contributed by atoms with E-state index in [0.717, 1.165) is 5.56 Å². The number of nitrogens with two attached hydrogens (primary N) is 1. The van der Waals surface area contributed by atoms with Gasteiger partial charge in [0, 0.05) is 17.8 Å². The first-order valence-electron chi connectivity index (χ1n) is 6.10. The molecule has 0 fully saturated rings. The molecule has 0 aliphatic rings. The van der Waals surface area contributed by atoms with Gasteiger partial charge in [0.2, 0.25) is 5.91 Å². The van der Waals surface area contributed by atoms with Gasteiger partial charge in [0.05, 0.1) is 6.42 Å². The third kappa shape index (κ3) is 4.37. The van der Waals surface area contributed by atoms with E-state index in [1.54, 1.807) is 0 Å². The van der Waals surface area contributed by atoms with E-state index in [4.69, 9.17) is 5.73 Å². The third-order valence-electron chi connectivity index (χ3n) is 3.27. The molecule has 1 aromatic rings. The van der Waals surface area contributed by atoms with Gasteiger partial charge in [-0.25, -0.2) is 0 Å². The van der Waals surface area contributed by atoms with Crippen molar-refractivity contribution in [1.82, 2.24) is 10.2 Å². The zero-order valence-electron chi connectivity index (χ0n) is 11.7. The molecule has 4 nitrogen and oxygen atoms in total. The topological polar surface area (TPSA) is 58.4 Å². The minimum Gasteiger partial charge on any atom is -0.399 e. The molecule has 1 rings (SSSR count). The Kier molecular flexibility index (Phi) is 4.73. The van der Waals surface area contributed by atoms with Crippen LogP contribution in [0.3, 0.4) is 0 Å². The number of nitrogen functional groups attached to an aromatic ring is 1. The molecule has 1 amide bonds. The van der Waals surface area contributed by atoms with Gasteiger partial charge in [-0.3, -0.25) is 4.79 Å². The van der Waals surface area contributed by atoms with Crippen LogP contribution in [0.15, 0.2) is 24.3 Å². The quantitative estimate of drug-likeness (QED) is 0.773. The lowest BCUT2D eigenvalue weighted by atomic mass is 10.0. The minimum absolute atomic E-state index is 0.0368. The Morgan fingerprint density at radius 1 is 1.28 bits per heavy atom. The van der Waals surface area contributed by atoms with Crippen molar-refractivity contribution >= 4 is 11.6 Å². The second-order valence-electron chi connectivity index (χ2n) is 5.40. The van der Waals surface area contributed by atoms with Gasteiger partial charge in [0.25, 0.3) is 0 Å². The van der Waals surface area contributed by atoms with E-state index < -0.39 is 0 Å². The number of hydrogen-bond donors (Lipinski definition) is 2. The highest BCUT2D eigenvalue weighted by Crippen LogP contribution is 2.09. The number of amides is 1. The van der Waals surface area contributed by atoms with E-state index in [-0.39, 0.29) is 11.4 Å². The molecule has 18 heavy (non-hydrogen) atoms. The molecule has 0 aliphatic carbocycles. The molecule has 0 saturated heterocycles. The first-order chi connectivity index (χ1) is 8.31. The van der Waals surface area contributed by atoms with Crippen molar-refractivity contribution in [2.75, 3.05) is 26.4 Å². The van der Waals surface area contributed by atoms with Crippen LogP contribution in [-0.4, -0.2) is 37.0 Å². The molecular weight excluding hydrogens is 226 g/mol. The Bertz CT molecular complexity index is 396. The fourth-order valence-electron chi connectivity index (χ4n) is 1.36. The lowest BCUT2D eigenvalue weighted by Crippen LogP contribution is -2.48. The average molecular weight is 249 g/mol. The number of carbonyl (C=O) groups is 1. The number of likely N-dealkylation sites (N-methyl/N-ethyl adjacent to an activating group) is 1. The van der Waals surface area contributed by atoms with Crippen molar-refractivity contribution in [3.05, 3.63) is 29.8 Å². The average Bonchev–Trinajstić information content (AvgIpc) is 2.29. The smallest absolute Gasteiger partial charge is 0.224 e. The molecular formula is C14H23N3O. The van der Waals surface area contributed by atoms with E-state index in [2.05, 4.69) is 24.1 Å². The standard InChI is InChI=1S/C14H23N3O/c1-14(2,17(3)4)10-16-13(18)9-11-5-7-12(15)8-6-11/h5-8H,9-10,15H2,1-4H3,(H,16,18). The highest BCUT2D eigenvalue weighted by atomic mass is 16.1. The molecule has 100 valence electrons. The summed E-state index contributed by atoms with van der Waals surface area (Å²) in [4.78, 5) is 13.9. The number of anilines is 1. The molecule has 0 spiro atoms. The van der Waals surface area contributed by atoms with Crippen LogP contribution >= 0.6 is 0 Å². The summed E-state index contributed by atoms with van der Waals surface area (Å²) in [5.74, 6) is 0.0368. The first kappa shape index (κ1) is 14.5. The monoisotopic (exact) mass is 249 g/mol. The van der Waals surface area contributed by atoms with Gasteiger partial charge < -0.3 is 16.0 Å². The summed E-state index contributed by atoms with van der Waals surface area (Å²) in [6.45, 7) is 4.82. The third-order valence-corrected chi connectivity index (χ3v) is 3.27. The van der Waals surface area contributed by atoms with Crippen LogP contribution < -0.4 is 11.1 Å². The Hall–Kier alpha value is -1.55. The first-order valence-corrected chi connectivity index (χ1v) is 6.10. The predicted molar refractivity (Wildman–Crippen MR) is 75.3 cm³/mol. The van der Waals surface area contributed by atoms with Gasteiger partial charge in [-0.2, -0.15) is 0 Å². The number of nitrogens with zero attached hydrogens (tertiary/aromatic N) is 1. The zero-order valence-corrected chi connectivity index (χ0v) is 11.7. The van der Waals surface area contributed by atoms with E-state index in [0.29, 0.717) is 18.7 Å². The van der Waals surface area contributed by atoms with Crippen molar-refractivity contribution in [3.8, 4) is 0 Å². The number of benzene rings is 1. The Balaban J connectivity index is 2.45. The van der Waals surface area contributed by atoms with E-state index in [1.165, 1.54) is 0 Å². The van der Waals surface area contributed by atoms with Crippen LogP contribution in [0.5, 0.6) is 0 Å². The Labute approximate surface area is 109 Å². The summed E-state index contributed by atoms with van der Waals surface area (Å²) in [6.07, 6.45) is 0.393. The van der Waals surface area contributed by atoms with Crippen LogP contribution in [0, 0.1) is 0 Å². The summed E-state index contributed by atoms with van der Waals surface area (Å²) < 4.78 is 0. The second-order valence-corrected chi connectivity index (χ2v) is 5.40. The minimum atomic E-state index is -0.0449. The molecule has 3 N–H and O–H groups in total. The maximum absolute atomic E-state index is 11.8. The van der Waals surface area contributed by atoms with Crippen LogP contribution in [0.2, 0.25) is 0 Å². The van der Waals surface area contributed by atoms with E-state index in [1.807, 2.05) is 38.4 Å². The van der Waals surface area contributed by atoms with Gasteiger partial charge in [0.1, 0.15) is 0 Å². The van der Waals surface area contributed by atoms with Crippen LogP contribution in [0.1, 0.15) is 19.4 Å². The van der Waals surface area contributed by atoms with Crippen molar-refractivity contribution in [2.24, 2.45) is 0 Å². The molecule has 1 aromatic carbocycles.